The molecule has 2 heterocycles. The van der Waals surface area contributed by atoms with Crippen molar-refractivity contribution in [2.75, 3.05) is 6.61 Å². The van der Waals surface area contributed by atoms with Gasteiger partial charge in [0.25, 0.3) is 0 Å². The van der Waals surface area contributed by atoms with Crippen LogP contribution in [0.25, 0.3) is 5.65 Å². The molecule has 0 unspecified atom stereocenters. The average molecular weight is 287 g/mol. The molecule has 3 rings (SSSR count). The van der Waals surface area contributed by atoms with Gasteiger partial charge in [0.2, 0.25) is 0 Å². The maximum absolute atomic E-state index is 11.6. The maximum Gasteiger partial charge on any atom is 0.309 e. The molecular formula is C16H21N3O2. The van der Waals surface area contributed by atoms with Crippen LogP contribution in [0.4, 0.5) is 0 Å². The Hall–Kier alpha value is -1.91. The molecule has 1 saturated carbocycles. The zero-order valence-electron chi connectivity index (χ0n) is 12.8. The monoisotopic (exact) mass is 287 g/mol. The van der Waals surface area contributed by atoms with Gasteiger partial charge < -0.3 is 4.74 Å². The summed E-state index contributed by atoms with van der Waals surface area (Å²) < 4.78 is 7.12. The number of hydrogen-bond acceptors (Lipinski definition) is 4. The highest BCUT2D eigenvalue weighted by Gasteiger charge is 2.40. The number of ether oxygens (including phenoxy) is 1. The molecule has 0 saturated heterocycles. The predicted octanol–water partition coefficient (Wildman–Crippen LogP) is 2.48. The summed E-state index contributed by atoms with van der Waals surface area (Å²) in [6.07, 6.45) is 6.53. The molecule has 1 aliphatic rings. The third kappa shape index (κ3) is 2.91. The second-order valence-electron chi connectivity index (χ2n) is 6.03. The van der Waals surface area contributed by atoms with E-state index in [9.17, 15) is 4.79 Å². The highest BCUT2D eigenvalue weighted by atomic mass is 16.5. The largest absolute Gasteiger partial charge is 0.465 e. The van der Waals surface area contributed by atoms with Crippen LogP contribution in [0.3, 0.4) is 0 Å². The number of fused-ring (bicyclic) bond motifs is 1. The van der Waals surface area contributed by atoms with Crippen molar-refractivity contribution in [1.82, 2.24) is 14.6 Å². The van der Waals surface area contributed by atoms with E-state index in [0.717, 1.165) is 41.7 Å². The molecule has 5 nitrogen and oxygen atoms in total. The first-order chi connectivity index (χ1) is 10.1. The van der Waals surface area contributed by atoms with Crippen molar-refractivity contribution in [2.24, 2.45) is 11.8 Å². The van der Waals surface area contributed by atoms with E-state index < -0.39 is 0 Å². The number of aromatic nitrogens is 3. The summed E-state index contributed by atoms with van der Waals surface area (Å²) in [4.78, 5) is 16.0. The number of carbonyl (C=O) groups excluding carboxylic acids is 1. The molecule has 0 amide bonds. The molecule has 0 aliphatic heterocycles. The number of esters is 1. The minimum absolute atomic E-state index is 0.0330. The molecule has 1 fully saturated rings. The van der Waals surface area contributed by atoms with Crippen molar-refractivity contribution in [3.63, 3.8) is 0 Å². The first kappa shape index (κ1) is 14.0. The maximum atomic E-state index is 11.6. The van der Waals surface area contributed by atoms with Crippen LogP contribution in [0, 0.1) is 25.7 Å². The first-order valence-electron chi connectivity index (χ1n) is 7.53. The van der Waals surface area contributed by atoms with Crippen molar-refractivity contribution < 1.29 is 9.53 Å². The van der Waals surface area contributed by atoms with Crippen LogP contribution in [-0.2, 0) is 16.0 Å². The van der Waals surface area contributed by atoms with Crippen LogP contribution >= 0.6 is 0 Å². The zero-order chi connectivity index (χ0) is 15.0. The van der Waals surface area contributed by atoms with E-state index in [1.54, 1.807) is 0 Å². The van der Waals surface area contributed by atoms with Crippen LogP contribution in [0.15, 0.2) is 12.4 Å². The summed E-state index contributed by atoms with van der Waals surface area (Å²) in [6, 6.07) is 0. The van der Waals surface area contributed by atoms with E-state index in [4.69, 9.17) is 4.74 Å². The Morgan fingerprint density at radius 1 is 1.48 bits per heavy atom. The smallest absolute Gasteiger partial charge is 0.309 e. The van der Waals surface area contributed by atoms with Gasteiger partial charge in [-0.3, -0.25) is 4.79 Å². The molecule has 2 aromatic heterocycles. The Kier molecular flexibility index (Phi) is 3.66. The molecule has 0 aromatic carbocycles. The lowest BCUT2D eigenvalue weighted by atomic mass is 10.2. The van der Waals surface area contributed by atoms with Crippen LogP contribution in [0.2, 0.25) is 0 Å². The van der Waals surface area contributed by atoms with Gasteiger partial charge in [0.15, 0.2) is 5.65 Å². The van der Waals surface area contributed by atoms with Gasteiger partial charge in [-0.15, -0.1) is 0 Å². The SMILES string of the molecule is Cc1nn2cc(CCCOC(=O)[C@@H]3C[C@H]3C)cnc2c1C. The minimum atomic E-state index is -0.0330. The Morgan fingerprint density at radius 2 is 2.24 bits per heavy atom. The van der Waals surface area contributed by atoms with E-state index in [-0.39, 0.29) is 11.9 Å². The molecule has 2 aromatic rings. The van der Waals surface area contributed by atoms with Gasteiger partial charge in [-0.05, 0) is 44.6 Å². The Bertz CT molecular complexity index is 677. The number of hydrogen-bond donors (Lipinski definition) is 0. The summed E-state index contributed by atoms with van der Waals surface area (Å²) in [5.74, 6) is 0.628. The highest BCUT2D eigenvalue weighted by molar-refractivity contribution is 5.75. The summed E-state index contributed by atoms with van der Waals surface area (Å²) in [6.45, 7) is 6.59. The normalized spacial score (nSPS) is 20.7. The van der Waals surface area contributed by atoms with Crippen molar-refractivity contribution in [2.45, 2.75) is 40.0 Å². The van der Waals surface area contributed by atoms with E-state index >= 15 is 0 Å². The molecule has 0 bridgehead atoms. The van der Waals surface area contributed by atoms with Crippen molar-refractivity contribution in [1.29, 1.82) is 0 Å². The van der Waals surface area contributed by atoms with Gasteiger partial charge in [0, 0.05) is 18.0 Å². The lowest BCUT2D eigenvalue weighted by molar-refractivity contribution is -0.145. The molecule has 0 spiro atoms. The lowest BCUT2D eigenvalue weighted by Crippen LogP contribution is -2.09. The van der Waals surface area contributed by atoms with Gasteiger partial charge in [-0.25, -0.2) is 9.50 Å². The minimum Gasteiger partial charge on any atom is -0.465 e. The summed E-state index contributed by atoms with van der Waals surface area (Å²) in [5, 5.41) is 4.44. The van der Waals surface area contributed by atoms with Crippen LogP contribution in [0.1, 0.15) is 36.6 Å². The predicted molar refractivity (Wildman–Crippen MR) is 79.0 cm³/mol. The van der Waals surface area contributed by atoms with E-state index in [1.807, 2.05) is 30.8 Å². The average Bonchev–Trinajstić information content (AvgIpc) is 3.13. The molecular weight excluding hydrogens is 266 g/mol. The fourth-order valence-electron chi connectivity index (χ4n) is 2.53. The Morgan fingerprint density at radius 3 is 2.95 bits per heavy atom. The van der Waals surface area contributed by atoms with Crippen molar-refractivity contribution in [3.8, 4) is 0 Å². The summed E-state index contributed by atoms with van der Waals surface area (Å²) in [5.41, 5.74) is 4.15. The first-order valence-corrected chi connectivity index (χ1v) is 7.53. The molecule has 1 aliphatic carbocycles. The molecule has 112 valence electrons. The second-order valence-corrected chi connectivity index (χ2v) is 6.03. The van der Waals surface area contributed by atoms with E-state index in [0.29, 0.717) is 12.5 Å². The quantitative estimate of drug-likeness (QED) is 0.626. The van der Waals surface area contributed by atoms with Crippen LogP contribution in [-0.4, -0.2) is 27.2 Å². The number of nitrogens with zero attached hydrogens (tertiary/aromatic N) is 3. The number of aryl methyl sites for hydroxylation is 3. The van der Waals surface area contributed by atoms with Gasteiger partial charge in [-0.2, -0.15) is 5.10 Å². The molecule has 0 radical (unpaired) electrons. The third-order valence-corrected chi connectivity index (χ3v) is 4.26. The van der Waals surface area contributed by atoms with Crippen LogP contribution in [0.5, 0.6) is 0 Å². The topological polar surface area (TPSA) is 56.5 Å². The standard InChI is InChI=1S/C16H21N3O2/c1-10-7-14(10)16(20)21-6-4-5-13-8-17-15-11(2)12(3)18-19(15)9-13/h8-10,14H,4-7H2,1-3H3/t10-,14-/m1/s1. The van der Waals surface area contributed by atoms with Crippen LogP contribution < -0.4 is 0 Å². The number of carbonyl (C=O) groups is 1. The molecule has 21 heavy (non-hydrogen) atoms. The Labute approximate surface area is 124 Å². The second kappa shape index (κ2) is 5.47. The zero-order valence-corrected chi connectivity index (χ0v) is 12.8. The van der Waals surface area contributed by atoms with Gasteiger partial charge >= 0.3 is 5.97 Å². The Balaban J connectivity index is 1.52. The lowest BCUT2D eigenvalue weighted by Gasteiger charge is -2.04. The van der Waals surface area contributed by atoms with Gasteiger partial charge in [0.05, 0.1) is 18.2 Å². The molecule has 2 atom stereocenters. The number of rotatable bonds is 5. The fourth-order valence-corrected chi connectivity index (χ4v) is 2.53. The molecule has 0 N–H and O–H groups in total. The van der Waals surface area contributed by atoms with Gasteiger partial charge in [-0.1, -0.05) is 6.92 Å². The van der Waals surface area contributed by atoms with E-state index in [2.05, 4.69) is 17.0 Å². The van der Waals surface area contributed by atoms with Gasteiger partial charge in [0.1, 0.15) is 0 Å². The van der Waals surface area contributed by atoms with Crippen molar-refractivity contribution >= 4 is 11.6 Å². The van der Waals surface area contributed by atoms with Crippen molar-refractivity contribution in [3.05, 3.63) is 29.2 Å². The van der Waals surface area contributed by atoms with E-state index in [1.165, 1.54) is 0 Å². The molecule has 5 heteroatoms. The fraction of sp³-hybridized carbons (Fsp3) is 0.562. The summed E-state index contributed by atoms with van der Waals surface area (Å²) >= 11 is 0. The highest BCUT2D eigenvalue weighted by Crippen LogP contribution is 2.38. The summed E-state index contributed by atoms with van der Waals surface area (Å²) in [7, 11) is 0. The third-order valence-electron chi connectivity index (χ3n) is 4.26.